The maximum atomic E-state index is 4.79. The fraction of sp³-hybridized carbons (Fsp3) is 0.176. The zero-order valence-corrected chi connectivity index (χ0v) is 11.6. The van der Waals surface area contributed by atoms with Crippen molar-refractivity contribution in [2.45, 2.75) is 12.5 Å². The lowest BCUT2D eigenvalue weighted by Crippen LogP contribution is -2.24. The number of benzene rings is 1. The molecule has 1 aromatic carbocycles. The molecule has 0 amide bonds. The summed E-state index contributed by atoms with van der Waals surface area (Å²) in [6, 6.07) is 18.7. The zero-order valence-electron chi connectivity index (χ0n) is 11.6. The Morgan fingerprint density at radius 2 is 1.90 bits per heavy atom. The molecular weight excluding hydrogens is 260 g/mol. The normalized spacial score (nSPS) is 17.0. The van der Waals surface area contributed by atoms with Gasteiger partial charge < -0.3 is 5.32 Å². The van der Waals surface area contributed by atoms with Crippen molar-refractivity contribution < 1.29 is 0 Å². The number of rotatable bonds is 2. The van der Waals surface area contributed by atoms with Crippen LogP contribution >= 0.6 is 0 Å². The predicted octanol–water partition coefficient (Wildman–Crippen LogP) is 3.35. The van der Waals surface area contributed by atoms with Gasteiger partial charge in [-0.3, -0.25) is 4.98 Å². The maximum Gasteiger partial charge on any atom is 0.125 e. The summed E-state index contributed by atoms with van der Waals surface area (Å²) < 4.78 is 2.06. The Morgan fingerprint density at radius 1 is 1.05 bits per heavy atom. The number of pyridine rings is 1. The second kappa shape index (κ2) is 5.05. The Bertz CT molecular complexity index is 734. The van der Waals surface area contributed by atoms with Gasteiger partial charge in [-0.1, -0.05) is 36.4 Å². The van der Waals surface area contributed by atoms with E-state index < -0.39 is 0 Å². The number of hydrogen-bond donors (Lipinski definition) is 1. The Balaban J connectivity index is 1.77. The van der Waals surface area contributed by atoms with Crippen molar-refractivity contribution in [3.8, 4) is 11.3 Å². The van der Waals surface area contributed by atoms with Crippen LogP contribution in [0.1, 0.15) is 18.2 Å². The molecule has 21 heavy (non-hydrogen) atoms. The minimum Gasteiger partial charge on any atom is -0.370 e. The molecule has 3 aromatic rings. The van der Waals surface area contributed by atoms with E-state index in [1.807, 2.05) is 36.5 Å². The smallest absolute Gasteiger partial charge is 0.125 e. The number of fused-ring (bicyclic) bond motifs is 1. The largest absolute Gasteiger partial charge is 0.370 e. The van der Waals surface area contributed by atoms with Crippen molar-refractivity contribution in [3.63, 3.8) is 0 Å². The van der Waals surface area contributed by atoms with Gasteiger partial charge >= 0.3 is 0 Å². The van der Waals surface area contributed by atoms with Crippen LogP contribution in [0.15, 0.2) is 60.8 Å². The van der Waals surface area contributed by atoms with Gasteiger partial charge in [-0.2, -0.15) is 5.10 Å². The second-order valence-electron chi connectivity index (χ2n) is 5.21. The highest BCUT2D eigenvalue weighted by Gasteiger charge is 2.24. The molecule has 1 atom stereocenters. The molecule has 0 aliphatic carbocycles. The molecule has 104 valence electrons. The molecule has 2 aromatic heterocycles. The Hall–Kier alpha value is -2.62. The minimum absolute atomic E-state index is 0.208. The summed E-state index contributed by atoms with van der Waals surface area (Å²) in [6.07, 6.45) is 2.85. The molecule has 4 rings (SSSR count). The highest BCUT2D eigenvalue weighted by molar-refractivity contribution is 5.63. The van der Waals surface area contributed by atoms with E-state index in [-0.39, 0.29) is 6.04 Å². The average molecular weight is 276 g/mol. The Morgan fingerprint density at radius 3 is 2.71 bits per heavy atom. The Labute approximate surface area is 123 Å². The zero-order chi connectivity index (χ0) is 14.1. The number of aromatic nitrogens is 3. The van der Waals surface area contributed by atoms with Crippen molar-refractivity contribution in [1.29, 1.82) is 0 Å². The highest BCUT2D eigenvalue weighted by Crippen LogP contribution is 2.31. The molecule has 1 N–H and O–H groups in total. The molecule has 0 saturated carbocycles. The summed E-state index contributed by atoms with van der Waals surface area (Å²) in [5.74, 6) is 1.07. The molecule has 0 bridgehead atoms. The molecule has 0 fully saturated rings. The third kappa shape index (κ3) is 2.18. The summed E-state index contributed by atoms with van der Waals surface area (Å²) in [4.78, 5) is 4.49. The van der Waals surface area contributed by atoms with Crippen LogP contribution in [0.4, 0.5) is 5.82 Å². The summed E-state index contributed by atoms with van der Waals surface area (Å²) in [5.41, 5.74) is 3.21. The van der Waals surface area contributed by atoms with E-state index in [1.54, 1.807) is 0 Å². The first-order chi connectivity index (χ1) is 10.4. The van der Waals surface area contributed by atoms with Gasteiger partial charge in [-0.25, -0.2) is 4.68 Å². The van der Waals surface area contributed by atoms with Gasteiger partial charge in [-0.15, -0.1) is 0 Å². The van der Waals surface area contributed by atoms with E-state index >= 15 is 0 Å². The third-order valence-electron chi connectivity index (χ3n) is 3.85. The molecule has 0 spiro atoms. The van der Waals surface area contributed by atoms with Crippen molar-refractivity contribution in [2.75, 3.05) is 11.9 Å². The van der Waals surface area contributed by atoms with Crippen molar-refractivity contribution >= 4 is 5.82 Å². The molecule has 1 aliphatic rings. The number of nitrogens with one attached hydrogen (secondary N) is 1. The van der Waals surface area contributed by atoms with Crippen molar-refractivity contribution in [1.82, 2.24) is 14.8 Å². The maximum absolute atomic E-state index is 4.79. The number of hydrogen-bond acceptors (Lipinski definition) is 3. The number of nitrogens with zero attached hydrogens (tertiary/aromatic N) is 3. The van der Waals surface area contributed by atoms with E-state index in [0.29, 0.717) is 0 Å². The first-order valence-electron chi connectivity index (χ1n) is 7.21. The minimum atomic E-state index is 0.208. The monoisotopic (exact) mass is 276 g/mol. The molecule has 0 radical (unpaired) electrons. The van der Waals surface area contributed by atoms with E-state index in [2.05, 4.69) is 39.2 Å². The van der Waals surface area contributed by atoms with Gasteiger partial charge in [-0.05, 0) is 18.6 Å². The van der Waals surface area contributed by atoms with Crippen LogP contribution in [-0.4, -0.2) is 21.3 Å². The lowest BCUT2D eigenvalue weighted by Gasteiger charge is -2.25. The van der Waals surface area contributed by atoms with Gasteiger partial charge in [0.25, 0.3) is 0 Å². The van der Waals surface area contributed by atoms with Gasteiger partial charge in [0, 0.05) is 24.4 Å². The average Bonchev–Trinajstić information content (AvgIpc) is 3.00. The molecule has 0 saturated heterocycles. The fourth-order valence-corrected chi connectivity index (χ4v) is 2.82. The van der Waals surface area contributed by atoms with Crippen LogP contribution in [-0.2, 0) is 0 Å². The lowest BCUT2D eigenvalue weighted by molar-refractivity contribution is 0.473. The van der Waals surface area contributed by atoms with E-state index in [1.165, 1.54) is 0 Å². The predicted molar refractivity (Wildman–Crippen MR) is 83.1 cm³/mol. The van der Waals surface area contributed by atoms with Crippen molar-refractivity contribution in [2.24, 2.45) is 0 Å². The van der Waals surface area contributed by atoms with E-state index in [9.17, 15) is 0 Å². The summed E-state index contributed by atoms with van der Waals surface area (Å²) in [6.45, 7) is 0.946. The first kappa shape index (κ1) is 12.1. The molecule has 1 unspecified atom stereocenters. The Kier molecular flexibility index (Phi) is 2.92. The second-order valence-corrected chi connectivity index (χ2v) is 5.21. The highest BCUT2D eigenvalue weighted by atomic mass is 15.4. The molecule has 3 heterocycles. The quantitative estimate of drug-likeness (QED) is 0.780. The van der Waals surface area contributed by atoms with Crippen molar-refractivity contribution in [3.05, 3.63) is 66.5 Å². The van der Waals surface area contributed by atoms with Crippen LogP contribution in [0.25, 0.3) is 11.3 Å². The van der Waals surface area contributed by atoms with E-state index in [0.717, 1.165) is 35.7 Å². The standard InChI is InChI=1S/C17H16N4/c1-2-6-13(7-3-1)15-12-17-19-11-9-16(21(17)20-15)14-8-4-5-10-18-14/h1-8,10,12,16,19H,9,11H2. The molecule has 1 aliphatic heterocycles. The van der Waals surface area contributed by atoms with Gasteiger partial charge in [0.1, 0.15) is 5.82 Å². The van der Waals surface area contributed by atoms with E-state index in [4.69, 9.17) is 5.10 Å². The molecular formula is C17H16N4. The van der Waals surface area contributed by atoms with Gasteiger partial charge in [0.2, 0.25) is 0 Å². The van der Waals surface area contributed by atoms with Gasteiger partial charge in [0.15, 0.2) is 0 Å². The van der Waals surface area contributed by atoms with Crippen LogP contribution in [0.3, 0.4) is 0 Å². The van der Waals surface area contributed by atoms with Crippen LogP contribution in [0, 0.1) is 0 Å². The summed E-state index contributed by atoms with van der Waals surface area (Å²) in [5, 5.41) is 8.22. The first-order valence-corrected chi connectivity index (χ1v) is 7.21. The fourth-order valence-electron chi connectivity index (χ4n) is 2.82. The van der Waals surface area contributed by atoms with Crippen LogP contribution < -0.4 is 5.32 Å². The third-order valence-corrected chi connectivity index (χ3v) is 3.85. The lowest BCUT2D eigenvalue weighted by atomic mass is 10.1. The topological polar surface area (TPSA) is 42.7 Å². The van der Waals surface area contributed by atoms with Crippen LogP contribution in [0.2, 0.25) is 0 Å². The summed E-state index contributed by atoms with van der Waals surface area (Å²) in [7, 11) is 0. The van der Waals surface area contributed by atoms with Gasteiger partial charge in [0.05, 0.1) is 17.4 Å². The number of anilines is 1. The molecule has 4 heteroatoms. The summed E-state index contributed by atoms with van der Waals surface area (Å²) >= 11 is 0. The SMILES string of the molecule is c1ccc(-c2cc3n(n2)C(c2ccccn2)CCN3)cc1. The van der Waals surface area contributed by atoms with Crippen LogP contribution in [0.5, 0.6) is 0 Å². The molecule has 4 nitrogen and oxygen atoms in total.